The molecular formula is C17H19N3O2S. The topological polar surface area (TPSA) is 63.5 Å². The molecule has 0 spiro atoms. The van der Waals surface area contributed by atoms with E-state index < -0.39 is 10.0 Å². The van der Waals surface area contributed by atoms with E-state index in [2.05, 4.69) is 9.71 Å². The molecule has 3 aromatic rings. The molecule has 0 atom stereocenters. The van der Waals surface area contributed by atoms with Gasteiger partial charge in [0.05, 0.1) is 10.6 Å². The standard InChI is InChI=1S/C17H19N3O2S/c1-2-14-6-8-16(9-7-14)23(21,22)18-11-10-15-13-20-12-4-3-5-17(20)19-15/h3-9,12-13,18H,2,10-11H2,1H3. The monoisotopic (exact) mass is 329 g/mol. The summed E-state index contributed by atoms with van der Waals surface area (Å²) in [5, 5.41) is 0. The Bertz CT molecular complexity index is 866. The van der Waals surface area contributed by atoms with Crippen LogP contribution in [0, 0.1) is 0 Å². The van der Waals surface area contributed by atoms with Crippen molar-refractivity contribution in [3.05, 3.63) is 66.1 Å². The zero-order valence-electron chi connectivity index (χ0n) is 12.9. The second kappa shape index (κ2) is 6.52. The van der Waals surface area contributed by atoms with Crippen LogP contribution < -0.4 is 4.72 Å². The number of fused-ring (bicyclic) bond motifs is 1. The number of aryl methyl sites for hydroxylation is 1. The lowest BCUT2D eigenvalue weighted by molar-refractivity contribution is 0.581. The normalized spacial score (nSPS) is 11.9. The number of nitrogens with one attached hydrogen (secondary N) is 1. The van der Waals surface area contributed by atoms with Crippen LogP contribution in [-0.4, -0.2) is 24.3 Å². The number of sulfonamides is 1. The summed E-state index contributed by atoms with van der Waals surface area (Å²) in [7, 11) is -3.47. The molecule has 2 heterocycles. The van der Waals surface area contributed by atoms with Crippen molar-refractivity contribution in [3.63, 3.8) is 0 Å². The third-order valence-corrected chi connectivity index (χ3v) is 5.21. The first-order valence-corrected chi connectivity index (χ1v) is 9.08. The van der Waals surface area contributed by atoms with Crippen LogP contribution in [-0.2, 0) is 22.9 Å². The molecule has 0 unspecified atom stereocenters. The van der Waals surface area contributed by atoms with E-state index >= 15 is 0 Å². The van der Waals surface area contributed by atoms with Gasteiger partial charge in [0, 0.05) is 25.4 Å². The molecule has 0 radical (unpaired) electrons. The van der Waals surface area contributed by atoms with Gasteiger partial charge in [-0.05, 0) is 36.2 Å². The van der Waals surface area contributed by atoms with E-state index in [0.29, 0.717) is 17.9 Å². The van der Waals surface area contributed by atoms with Crippen molar-refractivity contribution in [1.29, 1.82) is 0 Å². The number of hydrogen-bond acceptors (Lipinski definition) is 3. The zero-order chi connectivity index (χ0) is 16.3. The highest BCUT2D eigenvalue weighted by atomic mass is 32.2. The maximum Gasteiger partial charge on any atom is 0.240 e. The molecule has 0 aliphatic rings. The van der Waals surface area contributed by atoms with Crippen molar-refractivity contribution in [1.82, 2.24) is 14.1 Å². The summed E-state index contributed by atoms with van der Waals surface area (Å²) in [4.78, 5) is 4.75. The van der Waals surface area contributed by atoms with Gasteiger partial charge in [0.2, 0.25) is 10.0 Å². The Kier molecular flexibility index (Phi) is 4.45. The summed E-state index contributed by atoms with van der Waals surface area (Å²) in [6.45, 7) is 2.36. The van der Waals surface area contributed by atoms with E-state index in [1.165, 1.54) is 0 Å². The largest absolute Gasteiger partial charge is 0.307 e. The van der Waals surface area contributed by atoms with Gasteiger partial charge in [-0.2, -0.15) is 0 Å². The molecule has 1 aromatic carbocycles. The molecule has 6 heteroatoms. The smallest absolute Gasteiger partial charge is 0.240 e. The fourth-order valence-corrected chi connectivity index (χ4v) is 3.44. The molecule has 0 aliphatic carbocycles. The van der Waals surface area contributed by atoms with Gasteiger partial charge in [0.15, 0.2) is 0 Å². The quantitative estimate of drug-likeness (QED) is 0.755. The van der Waals surface area contributed by atoms with Gasteiger partial charge in [-0.25, -0.2) is 18.1 Å². The first-order chi connectivity index (χ1) is 11.1. The Balaban J connectivity index is 1.64. The Morgan fingerprint density at radius 3 is 2.61 bits per heavy atom. The van der Waals surface area contributed by atoms with E-state index in [1.54, 1.807) is 12.1 Å². The summed E-state index contributed by atoms with van der Waals surface area (Å²) in [6, 6.07) is 12.8. The minimum atomic E-state index is -3.47. The predicted molar refractivity (Wildman–Crippen MR) is 89.9 cm³/mol. The molecule has 5 nitrogen and oxygen atoms in total. The van der Waals surface area contributed by atoms with Crippen LogP contribution in [0.25, 0.3) is 5.65 Å². The van der Waals surface area contributed by atoms with Crippen molar-refractivity contribution in [2.24, 2.45) is 0 Å². The lowest BCUT2D eigenvalue weighted by atomic mass is 10.2. The van der Waals surface area contributed by atoms with Crippen molar-refractivity contribution in [3.8, 4) is 0 Å². The number of benzene rings is 1. The Morgan fingerprint density at radius 1 is 1.13 bits per heavy atom. The van der Waals surface area contributed by atoms with E-state index in [9.17, 15) is 8.42 Å². The lowest BCUT2D eigenvalue weighted by Crippen LogP contribution is -2.26. The average molecular weight is 329 g/mol. The predicted octanol–water partition coefficient (Wildman–Crippen LogP) is 2.42. The Morgan fingerprint density at radius 2 is 1.91 bits per heavy atom. The molecule has 0 fully saturated rings. The third-order valence-electron chi connectivity index (χ3n) is 3.73. The highest BCUT2D eigenvalue weighted by molar-refractivity contribution is 7.89. The third kappa shape index (κ3) is 3.60. The van der Waals surface area contributed by atoms with E-state index in [-0.39, 0.29) is 0 Å². The van der Waals surface area contributed by atoms with Gasteiger partial charge in [-0.1, -0.05) is 25.1 Å². The van der Waals surface area contributed by atoms with Crippen LogP contribution in [0.1, 0.15) is 18.2 Å². The van der Waals surface area contributed by atoms with E-state index in [0.717, 1.165) is 23.3 Å². The first kappa shape index (κ1) is 15.7. The van der Waals surface area contributed by atoms with Crippen molar-refractivity contribution >= 4 is 15.7 Å². The molecule has 23 heavy (non-hydrogen) atoms. The molecule has 1 N–H and O–H groups in total. The highest BCUT2D eigenvalue weighted by Gasteiger charge is 2.13. The molecule has 0 saturated carbocycles. The second-order valence-electron chi connectivity index (χ2n) is 5.34. The first-order valence-electron chi connectivity index (χ1n) is 7.60. The molecule has 3 rings (SSSR count). The zero-order valence-corrected chi connectivity index (χ0v) is 13.8. The molecule has 0 aliphatic heterocycles. The molecule has 2 aromatic heterocycles. The SMILES string of the molecule is CCc1ccc(S(=O)(=O)NCCc2cn3ccccc3n2)cc1. The summed E-state index contributed by atoms with van der Waals surface area (Å²) < 4.78 is 29.1. The minimum Gasteiger partial charge on any atom is -0.307 e. The number of rotatable bonds is 6. The van der Waals surface area contributed by atoms with E-state index in [1.807, 2.05) is 54.0 Å². The number of imidazole rings is 1. The Hall–Kier alpha value is -2.18. The second-order valence-corrected chi connectivity index (χ2v) is 7.11. The van der Waals surface area contributed by atoms with Crippen LogP contribution in [0.5, 0.6) is 0 Å². The summed E-state index contributed by atoms with van der Waals surface area (Å²) in [5.74, 6) is 0. The Labute approximate surface area is 136 Å². The highest BCUT2D eigenvalue weighted by Crippen LogP contribution is 2.11. The van der Waals surface area contributed by atoms with Crippen LogP contribution >= 0.6 is 0 Å². The fourth-order valence-electron chi connectivity index (χ4n) is 2.41. The summed E-state index contributed by atoms with van der Waals surface area (Å²) in [6.07, 6.45) is 5.28. The number of aromatic nitrogens is 2. The van der Waals surface area contributed by atoms with Crippen molar-refractivity contribution in [2.45, 2.75) is 24.7 Å². The molecule has 120 valence electrons. The molecule has 0 amide bonds. The van der Waals surface area contributed by atoms with Gasteiger partial charge < -0.3 is 4.40 Å². The molecular weight excluding hydrogens is 310 g/mol. The van der Waals surface area contributed by atoms with Crippen molar-refractivity contribution in [2.75, 3.05) is 6.54 Å². The maximum atomic E-state index is 12.3. The fraction of sp³-hybridized carbons (Fsp3) is 0.235. The summed E-state index contributed by atoms with van der Waals surface area (Å²) in [5.41, 5.74) is 2.84. The van der Waals surface area contributed by atoms with Crippen LogP contribution in [0.3, 0.4) is 0 Å². The number of nitrogens with zero attached hydrogens (tertiary/aromatic N) is 2. The van der Waals surface area contributed by atoms with E-state index in [4.69, 9.17) is 0 Å². The van der Waals surface area contributed by atoms with Gasteiger partial charge in [-0.3, -0.25) is 0 Å². The van der Waals surface area contributed by atoms with Gasteiger partial charge in [0.25, 0.3) is 0 Å². The molecule has 0 bridgehead atoms. The maximum absolute atomic E-state index is 12.3. The minimum absolute atomic E-state index is 0.296. The lowest BCUT2D eigenvalue weighted by Gasteiger charge is -2.06. The summed E-state index contributed by atoms with van der Waals surface area (Å²) >= 11 is 0. The van der Waals surface area contributed by atoms with Gasteiger partial charge in [0.1, 0.15) is 5.65 Å². The van der Waals surface area contributed by atoms with Crippen molar-refractivity contribution < 1.29 is 8.42 Å². The number of pyridine rings is 1. The average Bonchev–Trinajstić information content (AvgIpc) is 2.97. The van der Waals surface area contributed by atoms with Crippen LogP contribution in [0.2, 0.25) is 0 Å². The number of hydrogen-bond donors (Lipinski definition) is 1. The van der Waals surface area contributed by atoms with Crippen LogP contribution in [0.4, 0.5) is 0 Å². The molecule has 0 saturated heterocycles. The van der Waals surface area contributed by atoms with Gasteiger partial charge >= 0.3 is 0 Å². The van der Waals surface area contributed by atoms with Crippen LogP contribution in [0.15, 0.2) is 59.8 Å². The van der Waals surface area contributed by atoms with Gasteiger partial charge in [-0.15, -0.1) is 0 Å².